The molecule has 1 fully saturated rings. The van der Waals surface area contributed by atoms with Crippen molar-refractivity contribution in [3.63, 3.8) is 0 Å². The number of carbonyl (C=O) groups is 1. The van der Waals surface area contributed by atoms with Crippen LogP contribution < -0.4 is 10.2 Å². The third-order valence-corrected chi connectivity index (χ3v) is 6.66. The molecule has 1 aliphatic heterocycles. The van der Waals surface area contributed by atoms with Gasteiger partial charge in [-0.05, 0) is 30.0 Å². The first kappa shape index (κ1) is 17.5. The van der Waals surface area contributed by atoms with E-state index in [4.69, 9.17) is 4.98 Å². The maximum absolute atomic E-state index is 12.0. The molecule has 3 aromatic rings. The average molecular weight is 387 g/mol. The summed E-state index contributed by atoms with van der Waals surface area (Å²) in [6.45, 7) is 7.68. The lowest BCUT2D eigenvalue weighted by atomic mass is 10.2. The lowest BCUT2D eigenvalue weighted by molar-refractivity contribution is 0.0952. The van der Waals surface area contributed by atoms with Crippen LogP contribution in [0, 0.1) is 6.92 Å². The molecule has 0 aliphatic carbocycles. The van der Waals surface area contributed by atoms with Crippen molar-refractivity contribution in [2.24, 2.45) is 0 Å². The zero-order valence-electron chi connectivity index (χ0n) is 14.8. The van der Waals surface area contributed by atoms with E-state index in [1.54, 1.807) is 11.3 Å². The number of hydrogen-bond donors (Lipinski definition) is 1. The molecule has 0 bridgehead atoms. The zero-order chi connectivity index (χ0) is 17.9. The van der Waals surface area contributed by atoms with E-state index in [1.807, 2.05) is 17.5 Å². The van der Waals surface area contributed by atoms with E-state index in [2.05, 4.69) is 40.2 Å². The molecule has 0 atom stereocenters. The minimum absolute atomic E-state index is 0.0310. The van der Waals surface area contributed by atoms with Crippen LogP contribution in [-0.4, -0.2) is 55.1 Å². The standard InChI is InChI=1S/C19H22N4OS2/c1-14-4-2-5-15-17(14)21-19(26-15)23-11-9-22(10-12-23)8-7-20-18(24)16-6-3-13-25-16/h2-6,13H,7-12H2,1H3,(H,20,24). The summed E-state index contributed by atoms with van der Waals surface area (Å²) in [6.07, 6.45) is 0. The van der Waals surface area contributed by atoms with E-state index in [-0.39, 0.29) is 5.91 Å². The molecule has 0 spiro atoms. The number of thiazole rings is 1. The number of hydrogen-bond acceptors (Lipinski definition) is 6. The molecule has 4 rings (SSSR count). The number of amides is 1. The van der Waals surface area contributed by atoms with E-state index in [0.29, 0.717) is 6.54 Å². The Morgan fingerprint density at radius 1 is 1.19 bits per heavy atom. The van der Waals surface area contributed by atoms with Crippen molar-refractivity contribution in [2.75, 3.05) is 44.2 Å². The number of thiophene rings is 1. The third-order valence-electron chi connectivity index (χ3n) is 4.71. The Morgan fingerprint density at radius 2 is 2.04 bits per heavy atom. The minimum atomic E-state index is 0.0310. The van der Waals surface area contributed by atoms with Gasteiger partial charge < -0.3 is 10.2 Å². The molecular formula is C19H22N4OS2. The average Bonchev–Trinajstić information content (AvgIpc) is 3.33. The maximum Gasteiger partial charge on any atom is 0.261 e. The van der Waals surface area contributed by atoms with Crippen molar-refractivity contribution >= 4 is 43.9 Å². The maximum atomic E-state index is 12.0. The van der Waals surface area contributed by atoms with Gasteiger partial charge in [0, 0.05) is 39.3 Å². The summed E-state index contributed by atoms with van der Waals surface area (Å²) in [5.41, 5.74) is 2.37. The van der Waals surface area contributed by atoms with Crippen molar-refractivity contribution in [3.05, 3.63) is 46.2 Å². The smallest absolute Gasteiger partial charge is 0.261 e. The molecule has 0 unspecified atom stereocenters. The number of nitrogens with one attached hydrogen (secondary N) is 1. The van der Waals surface area contributed by atoms with Crippen molar-refractivity contribution in [1.29, 1.82) is 0 Å². The van der Waals surface area contributed by atoms with Gasteiger partial charge in [0.1, 0.15) is 0 Å². The van der Waals surface area contributed by atoms with E-state index < -0.39 is 0 Å². The Morgan fingerprint density at radius 3 is 2.77 bits per heavy atom. The van der Waals surface area contributed by atoms with Crippen LogP contribution in [0.25, 0.3) is 10.2 Å². The number of rotatable bonds is 5. The van der Waals surface area contributed by atoms with E-state index in [9.17, 15) is 4.79 Å². The lowest BCUT2D eigenvalue weighted by Gasteiger charge is -2.34. The fraction of sp³-hybridized carbons (Fsp3) is 0.368. The van der Waals surface area contributed by atoms with Gasteiger partial charge in [0.2, 0.25) is 0 Å². The summed E-state index contributed by atoms with van der Waals surface area (Å²) in [5.74, 6) is 0.0310. The highest BCUT2D eigenvalue weighted by Gasteiger charge is 2.20. The first-order valence-electron chi connectivity index (χ1n) is 8.86. The van der Waals surface area contributed by atoms with Crippen molar-refractivity contribution in [3.8, 4) is 0 Å². The third kappa shape index (κ3) is 3.75. The summed E-state index contributed by atoms with van der Waals surface area (Å²) < 4.78 is 1.26. The Balaban J connectivity index is 1.27. The van der Waals surface area contributed by atoms with Crippen molar-refractivity contribution in [2.45, 2.75) is 6.92 Å². The fourth-order valence-corrected chi connectivity index (χ4v) is 4.93. The Kier molecular flexibility index (Phi) is 5.19. The van der Waals surface area contributed by atoms with Crippen LogP contribution >= 0.6 is 22.7 Å². The summed E-state index contributed by atoms with van der Waals surface area (Å²) >= 11 is 3.26. The molecule has 1 aromatic carbocycles. The van der Waals surface area contributed by atoms with Gasteiger partial charge in [0.05, 0.1) is 15.1 Å². The summed E-state index contributed by atoms with van der Waals surface area (Å²) in [6, 6.07) is 10.1. The number of fused-ring (bicyclic) bond motifs is 1. The molecule has 136 valence electrons. The molecule has 1 N–H and O–H groups in total. The monoisotopic (exact) mass is 386 g/mol. The van der Waals surface area contributed by atoms with Gasteiger partial charge in [0.25, 0.3) is 5.91 Å². The Hall–Kier alpha value is -1.96. The predicted octanol–water partition coefficient (Wildman–Crippen LogP) is 3.22. The van der Waals surface area contributed by atoms with Gasteiger partial charge in [-0.15, -0.1) is 11.3 Å². The normalized spacial score (nSPS) is 15.5. The number of nitrogens with zero attached hydrogens (tertiary/aromatic N) is 3. The largest absolute Gasteiger partial charge is 0.350 e. The molecule has 1 saturated heterocycles. The molecule has 5 nitrogen and oxygen atoms in total. The highest BCUT2D eigenvalue weighted by molar-refractivity contribution is 7.22. The number of piperazine rings is 1. The quantitative estimate of drug-likeness (QED) is 0.731. The number of benzene rings is 1. The topological polar surface area (TPSA) is 48.5 Å². The summed E-state index contributed by atoms with van der Waals surface area (Å²) in [7, 11) is 0. The van der Waals surface area contributed by atoms with Gasteiger partial charge in [0.15, 0.2) is 5.13 Å². The van der Waals surface area contributed by atoms with Crippen LogP contribution in [-0.2, 0) is 0 Å². The molecule has 1 aliphatic rings. The van der Waals surface area contributed by atoms with E-state index in [1.165, 1.54) is 21.6 Å². The summed E-state index contributed by atoms with van der Waals surface area (Å²) in [5, 5.41) is 6.06. The summed E-state index contributed by atoms with van der Waals surface area (Å²) in [4.78, 5) is 22.4. The van der Waals surface area contributed by atoms with E-state index >= 15 is 0 Å². The van der Waals surface area contributed by atoms with Gasteiger partial charge in [-0.25, -0.2) is 4.98 Å². The van der Waals surface area contributed by atoms with E-state index in [0.717, 1.165) is 48.2 Å². The predicted molar refractivity (Wildman–Crippen MR) is 110 cm³/mol. The molecule has 26 heavy (non-hydrogen) atoms. The van der Waals surface area contributed by atoms with Crippen LogP contribution in [0.5, 0.6) is 0 Å². The Bertz CT molecular complexity index is 882. The fourth-order valence-electron chi connectivity index (χ4n) is 3.19. The first-order valence-corrected chi connectivity index (χ1v) is 10.6. The zero-order valence-corrected chi connectivity index (χ0v) is 16.4. The minimum Gasteiger partial charge on any atom is -0.350 e. The van der Waals surface area contributed by atoms with Crippen LogP contribution in [0.1, 0.15) is 15.2 Å². The Labute approximate surface area is 161 Å². The highest BCUT2D eigenvalue weighted by Crippen LogP contribution is 2.30. The van der Waals surface area contributed by atoms with Gasteiger partial charge >= 0.3 is 0 Å². The molecule has 7 heteroatoms. The lowest BCUT2D eigenvalue weighted by Crippen LogP contribution is -2.48. The van der Waals surface area contributed by atoms with Crippen LogP contribution in [0.2, 0.25) is 0 Å². The number of para-hydroxylation sites is 1. The van der Waals surface area contributed by atoms with Gasteiger partial charge in [-0.3, -0.25) is 9.69 Å². The number of carbonyl (C=O) groups excluding carboxylic acids is 1. The van der Waals surface area contributed by atoms with Crippen LogP contribution in [0.4, 0.5) is 5.13 Å². The van der Waals surface area contributed by atoms with Crippen LogP contribution in [0.3, 0.4) is 0 Å². The first-order chi connectivity index (χ1) is 12.7. The SMILES string of the molecule is Cc1cccc2sc(N3CCN(CCNC(=O)c4cccs4)CC3)nc12. The molecule has 0 radical (unpaired) electrons. The van der Waals surface area contributed by atoms with Crippen LogP contribution in [0.15, 0.2) is 35.7 Å². The van der Waals surface area contributed by atoms with Gasteiger partial charge in [-0.2, -0.15) is 0 Å². The second kappa shape index (κ2) is 7.73. The highest BCUT2D eigenvalue weighted by atomic mass is 32.1. The molecule has 3 heterocycles. The number of aromatic nitrogens is 1. The molecule has 2 aromatic heterocycles. The second-order valence-electron chi connectivity index (χ2n) is 6.48. The van der Waals surface area contributed by atoms with Crippen molar-refractivity contribution < 1.29 is 4.79 Å². The molecular weight excluding hydrogens is 364 g/mol. The van der Waals surface area contributed by atoms with Crippen molar-refractivity contribution in [1.82, 2.24) is 15.2 Å². The van der Waals surface area contributed by atoms with Gasteiger partial charge in [-0.1, -0.05) is 29.5 Å². The number of anilines is 1. The second-order valence-corrected chi connectivity index (χ2v) is 8.44. The molecule has 0 saturated carbocycles. The number of aryl methyl sites for hydroxylation is 1. The molecule has 1 amide bonds.